The van der Waals surface area contributed by atoms with Crippen molar-refractivity contribution in [1.82, 2.24) is 14.5 Å². The van der Waals surface area contributed by atoms with Crippen LogP contribution in [0.5, 0.6) is 0 Å². The number of benzene rings is 2. The summed E-state index contributed by atoms with van der Waals surface area (Å²) in [6.45, 7) is 4.02. The lowest BCUT2D eigenvalue weighted by atomic mass is 10.0. The number of nitrogens with two attached hydrogens (primary N) is 1. The summed E-state index contributed by atoms with van der Waals surface area (Å²) in [5.74, 6) is 0.101. The molecule has 1 fully saturated rings. The van der Waals surface area contributed by atoms with E-state index in [2.05, 4.69) is 25.2 Å². The van der Waals surface area contributed by atoms with E-state index in [4.69, 9.17) is 5.73 Å². The molecular formula is C27H28N6O2. The number of nitrogens with one attached hydrogen (secondary N) is 2. The molecular weight excluding hydrogens is 440 g/mol. The Kier molecular flexibility index (Phi) is 5.94. The number of carbonyl (C=O) groups excluding carboxylic acids is 2. The molecule has 1 aliphatic rings. The van der Waals surface area contributed by atoms with Crippen LogP contribution in [0.4, 0.5) is 22.0 Å². The molecule has 0 unspecified atom stereocenters. The Balaban J connectivity index is 1.41. The van der Waals surface area contributed by atoms with Crippen molar-refractivity contribution in [3.8, 4) is 0 Å². The second kappa shape index (κ2) is 9.21. The van der Waals surface area contributed by atoms with Gasteiger partial charge >= 0.3 is 6.03 Å². The molecule has 0 aliphatic heterocycles. The number of amides is 2. The highest BCUT2D eigenvalue weighted by molar-refractivity contribution is 6.18. The predicted molar refractivity (Wildman–Crippen MR) is 138 cm³/mol. The number of anilines is 3. The second-order valence-corrected chi connectivity index (χ2v) is 9.13. The third-order valence-electron chi connectivity index (χ3n) is 6.75. The molecule has 178 valence electrons. The zero-order chi connectivity index (χ0) is 24.5. The molecule has 8 nitrogen and oxygen atoms in total. The maximum absolute atomic E-state index is 13.6. The number of ketones is 1. The van der Waals surface area contributed by atoms with E-state index in [9.17, 15) is 9.59 Å². The summed E-state index contributed by atoms with van der Waals surface area (Å²) in [6, 6.07) is 12.5. The molecule has 5 rings (SSSR count). The van der Waals surface area contributed by atoms with Crippen molar-refractivity contribution in [2.24, 2.45) is 0 Å². The van der Waals surface area contributed by atoms with Crippen molar-refractivity contribution in [3.05, 3.63) is 77.2 Å². The third kappa shape index (κ3) is 4.47. The van der Waals surface area contributed by atoms with Gasteiger partial charge in [-0.05, 0) is 62.1 Å². The minimum absolute atomic E-state index is 0.188. The fraction of sp³-hybridized carbons (Fsp3) is 0.259. The molecule has 1 saturated carbocycles. The highest BCUT2D eigenvalue weighted by Gasteiger charge is 2.25. The van der Waals surface area contributed by atoms with E-state index in [1.54, 1.807) is 24.3 Å². The van der Waals surface area contributed by atoms with Crippen LogP contribution >= 0.6 is 0 Å². The summed E-state index contributed by atoms with van der Waals surface area (Å²) >= 11 is 0. The Morgan fingerprint density at radius 3 is 2.46 bits per heavy atom. The summed E-state index contributed by atoms with van der Waals surface area (Å²) in [4.78, 5) is 34.7. The molecule has 4 aromatic rings. The zero-order valence-electron chi connectivity index (χ0n) is 19.8. The molecule has 2 amide bonds. The maximum atomic E-state index is 13.6. The monoisotopic (exact) mass is 468 g/mol. The molecule has 35 heavy (non-hydrogen) atoms. The molecule has 2 heterocycles. The van der Waals surface area contributed by atoms with Gasteiger partial charge in [-0.15, -0.1) is 0 Å². The zero-order valence-corrected chi connectivity index (χ0v) is 19.8. The van der Waals surface area contributed by atoms with Crippen molar-refractivity contribution in [2.45, 2.75) is 45.6 Å². The van der Waals surface area contributed by atoms with E-state index in [0.717, 1.165) is 36.8 Å². The Bertz CT molecular complexity index is 1440. The van der Waals surface area contributed by atoms with Gasteiger partial charge in [0.15, 0.2) is 5.78 Å². The number of urea groups is 1. The van der Waals surface area contributed by atoms with Crippen LogP contribution in [0, 0.1) is 13.8 Å². The van der Waals surface area contributed by atoms with Gasteiger partial charge in [0, 0.05) is 29.2 Å². The van der Waals surface area contributed by atoms with E-state index in [1.165, 1.54) is 6.33 Å². The van der Waals surface area contributed by atoms with Crippen molar-refractivity contribution >= 4 is 40.0 Å². The Morgan fingerprint density at radius 1 is 0.971 bits per heavy atom. The van der Waals surface area contributed by atoms with E-state index in [0.29, 0.717) is 39.6 Å². The number of hydrogen-bond donors (Lipinski definition) is 3. The van der Waals surface area contributed by atoms with Crippen molar-refractivity contribution in [1.29, 1.82) is 0 Å². The van der Waals surface area contributed by atoms with Crippen molar-refractivity contribution in [2.75, 3.05) is 16.4 Å². The van der Waals surface area contributed by atoms with Gasteiger partial charge in [-0.25, -0.2) is 14.8 Å². The van der Waals surface area contributed by atoms with Gasteiger partial charge in [-0.1, -0.05) is 31.0 Å². The van der Waals surface area contributed by atoms with Crippen LogP contribution in [-0.2, 0) is 0 Å². The molecule has 2 aromatic carbocycles. The molecule has 0 spiro atoms. The largest absolute Gasteiger partial charge is 0.383 e. The maximum Gasteiger partial charge on any atom is 0.323 e. The van der Waals surface area contributed by atoms with E-state index in [1.807, 2.05) is 38.2 Å². The lowest BCUT2D eigenvalue weighted by Crippen LogP contribution is -2.19. The summed E-state index contributed by atoms with van der Waals surface area (Å²) in [6.07, 6.45) is 7.72. The highest BCUT2D eigenvalue weighted by Crippen LogP contribution is 2.35. The number of aromatic nitrogens is 3. The molecule has 4 N–H and O–H groups in total. The van der Waals surface area contributed by atoms with Crippen LogP contribution in [0.15, 0.2) is 55.0 Å². The van der Waals surface area contributed by atoms with Crippen LogP contribution < -0.4 is 16.4 Å². The van der Waals surface area contributed by atoms with Crippen LogP contribution in [0.2, 0.25) is 0 Å². The van der Waals surface area contributed by atoms with Gasteiger partial charge in [0.1, 0.15) is 17.8 Å². The first kappa shape index (κ1) is 22.6. The lowest BCUT2D eigenvalue weighted by molar-refractivity contribution is 0.104. The van der Waals surface area contributed by atoms with E-state index in [-0.39, 0.29) is 17.6 Å². The Morgan fingerprint density at radius 2 is 1.71 bits per heavy atom. The SMILES string of the molecule is Cc1ccc(NC(=O)Nc2cccc(C(=O)c3cn(C4CCCC4)c4ncnc(N)c34)c2)cc1C. The first-order valence-electron chi connectivity index (χ1n) is 11.8. The molecule has 8 heteroatoms. The Hall–Kier alpha value is -4.20. The molecule has 0 atom stereocenters. The number of rotatable bonds is 5. The van der Waals surface area contributed by atoms with Gasteiger partial charge in [-0.2, -0.15) is 0 Å². The first-order chi connectivity index (χ1) is 16.9. The predicted octanol–water partition coefficient (Wildman–Crippen LogP) is 5.62. The molecule has 0 bridgehead atoms. The van der Waals surface area contributed by atoms with Gasteiger partial charge in [-0.3, -0.25) is 4.79 Å². The summed E-state index contributed by atoms with van der Waals surface area (Å²) in [5, 5.41) is 6.23. The van der Waals surface area contributed by atoms with E-state index >= 15 is 0 Å². The van der Waals surface area contributed by atoms with Gasteiger partial charge in [0.05, 0.1) is 10.9 Å². The van der Waals surface area contributed by atoms with Crippen LogP contribution in [0.1, 0.15) is 58.8 Å². The fourth-order valence-corrected chi connectivity index (χ4v) is 4.75. The fourth-order valence-electron chi connectivity index (χ4n) is 4.75. The van der Waals surface area contributed by atoms with Gasteiger partial charge < -0.3 is 20.9 Å². The van der Waals surface area contributed by atoms with Crippen LogP contribution in [-0.4, -0.2) is 26.3 Å². The average Bonchev–Trinajstić information content (AvgIpc) is 3.50. The number of hydrogen-bond acceptors (Lipinski definition) is 5. The Labute approximate surface area is 203 Å². The highest BCUT2D eigenvalue weighted by atomic mass is 16.2. The minimum Gasteiger partial charge on any atom is -0.383 e. The number of carbonyl (C=O) groups is 2. The van der Waals surface area contributed by atoms with Gasteiger partial charge in [0.2, 0.25) is 0 Å². The number of fused-ring (bicyclic) bond motifs is 1. The van der Waals surface area contributed by atoms with Gasteiger partial charge in [0.25, 0.3) is 0 Å². The smallest absolute Gasteiger partial charge is 0.323 e. The molecule has 0 saturated heterocycles. The number of nitrogens with zero attached hydrogens (tertiary/aromatic N) is 3. The first-order valence-corrected chi connectivity index (χ1v) is 11.8. The summed E-state index contributed by atoms with van der Waals surface area (Å²) in [7, 11) is 0. The standard InChI is InChI=1S/C27H28N6O2/c1-16-10-11-20(12-17(16)2)32-27(35)31-19-7-5-6-18(13-19)24(34)22-14-33(21-8-3-4-9-21)26-23(22)25(28)29-15-30-26/h5-7,10-15,21H,3-4,8-9H2,1-2H3,(H2,28,29,30)(H2,31,32,35). The normalized spacial score (nSPS) is 13.8. The topological polar surface area (TPSA) is 115 Å². The molecule has 1 aliphatic carbocycles. The molecule has 0 radical (unpaired) electrons. The van der Waals surface area contributed by atoms with Crippen LogP contribution in [0.25, 0.3) is 11.0 Å². The van der Waals surface area contributed by atoms with Crippen molar-refractivity contribution in [3.63, 3.8) is 0 Å². The minimum atomic E-state index is -0.381. The summed E-state index contributed by atoms with van der Waals surface area (Å²) in [5.41, 5.74) is 11.3. The molecule has 2 aromatic heterocycles. The number of nitrogen functional groups attached to an aromatic ring is 1. The van der Waals surface area contributed by atoms with Crippen LogP contribution in [0.3, 0.4) is 0 Å². The van der Waals surface area contributed by atoms with E-state index < -0.39 is 0 Å². The van der Waals surface area contributed by atoms with Crippen molar-refractivity contribution < 1.29 is 9.59 Å². The quantitative estimate of drug-likeness (QED) is 0.329. The summed E-state index contributed by atoms with van der Waals surface area (Å²) < 4.78 is 2.08. The second-order valence-electron chi connectivity index (χ2n) is 9.13. The third-order valence-corrected chi connectivity index (χ3v) is 6.75. The lowest BCUT2D eigenvalue weighted by Gasteiger charge is -2.12. The number of aryl methyl sites for hydroxylation is 2. The average molecular weight is 469 g/mol.